The second-order valence-corrected chi connectivity index (χ2v) is 12.4. The van der Waals surface area contributed by atoms with Gasteiger partial charge in [-0.25, -0.2) is 4.39 Å². The quantitative estimate of drug-likeness (QED) is 0.337. The van der Waals surface area contributed by atoms with Crippen molar-refractivity contribution < 1.29 is 39.5 Å². The molecular weight excluding hydrogens is 582 g/mol. The van der Waals surface area contributed by atoms with Crippen LogP contribution in [-0.2, 0) is 14.3 Å². The van der Waals surface area contributed by atoms with Crippen LogP contribution in [0.1, 0.15) is 83.7 Å². The van der Waals surface area contributed by atoms with Gasteiger partial charge in [-0.2, -0.15) is 18.3 Å². The fraction of sp³-hybridized carbons (Fsp3) is 0.613. The Hall–Kier alpha value is -3.48. The summed E-state index contributed by atoms with van der Waals surface area (Å²) in [6, 6.07) is 2.41. The second-order valence-electron chi connectivity index (χ2n) is 12.4. The van der Waals surface area contributed by atoms with E-state index in [0.29, 0.717) is 5.69 Å². The van der Waals surface area contributed by atoms with Crippen molar-refractivity contribution in [1.82, 2.24) is 20.0 Å². The first-order valence-electron chi connectivity index (χ1n) is 15.3. The number of nitrogens with one attached hydrogen (secondary N) is 2. The molecule has 9 nitrogen and oxygen atoms in total. The summed E-state index contributed by atoms with van der Waals surface area (Å²) >= 11 is 0. The van der Waals surface area contributed by atoms with Crippen molar-refractivity contribution in [1.29, 1.82) is 0 Å². The van der Waals surface area contributed by atoms with E-state index in [0.717, 1.165) is 36.6 Å². The predicted molar refractivity (Wildman–Crippen MR) is 157 cm³/mol. The zero-order valence-corrected chi connectivity index (χ0v) is 25.1. The third kappa shape index (κ3) is 7.08. The standard InChI is InChI=1S/C31H39F4N5O4.2H2/c1-17(2)40-24(10-12-36-40)28(41)38-27(26(19-4-5-19)20-6-7-20)29(42)37-23-9-8-21(16-22(23)32)18(3)30(43)39-13-15-44-14-11-25(39)31(33,34)35;;/h8-10,12,16-20,25-27H,4-7,11,13-15H2,1-3H3,(H,37,42)(H,38,41);2*1H/t18-,25?,27-;;/m0../s1. The Bertz CT molecular complexity index is 1370. The average molecular weight is 626 g/mol. The average Bonchev–Trinajstić information content (AvgIpc) is 3.90. The summed E-state index contributed by atoms with van der Waals surface area (Å²) in [4.78, 5) is 41.0. The fourth-order valence-electron chi connectivity index (χ4n) is 6.23. The lowest BCUT2D eigenvalue weighted by Gasteiger charge is -2.33. The van der Waals surface area contributed by atoms with E-state index >= 15 is 4.39 Å². The van der Waals surface area contributed by atoms with Gasteiger partial charge in [0.2, 0.25) is 11.8 Å². The van der Waals surface area contributed by atoms with E-state index in [4.69, 9.17) is 4.74 Å². The number of benzene rings is 1. The van der Waals surface area contributed by atoms with Gasteiger partial charge in [0.05, 0.1) is 18.2 Å². The molecule has 0 spiro atoms. The van der Waals surface area contributed by atoms with Crippen molar-refractivity contribution in [3.63, 3.8) is 0 Å². The molecule has 1 saturated heterocycles. The van der Waals surface area contributed by atoms with Crippen molar-refractivity contribution in [2.75, 3.05) is 25.1 Å². The monoisotopic (exact) mass is 625 g/mol. The van der Waals surface area contributed by atoms with Crippen molar-refractivity contribution >= 4 is 23.4 Å². The number of rotatable bonds is 10. The van der Waals surface area contributed by atoms with E-state index in [2.05, 4.69) is 15.7 Å². The Morgan fingerprint density at radius 3 is 2.30 bits per heavy atom. The molecule has 1 aliphatic heterocycles. The van der Waals surface area contributed by atoms with E-state index in [1.165, 1.54) is 25.3 Å². The van der Waals surface area contributed by atoms with E-state index in [-0.39, 0.29) is 64.1 Å². The van der Waals surface area contributed by atoms with E-state index < -0.39 is 47.7 Å². The number of anilines is 1. The van der Waals surface area contributed by atoms with Gasteiger partial charge in [0.15, 0.2) is 0 Å². The molecule has 2 saturated carbocycles. The van der Waals surface area contributed by atoms with Crippen LogP contribution >= 0.6 is 0 Å². The molecule has 44 heavy (non-hydrogen) atoms. The highest BCUT2D eigenvalue weighted by Gasteiger charge is 2.49. The molecule has 244 valence electrons. The molecule has 3 atom stereocenters. The molecule has 1 aromatic carbocycles. The summed E-state index contributed by atoms with van der Waals surface area (Å²) in [6.45, 7) is 4.85. The first kappa shape index (κ1) is 31.9. The third-order valence-corrected chi connectivity index (χ3v) is 8.85. The van der Waals surface area contributed by atoms with Gasteiger partial charge in [-0.15, -0.1) is 0 Å². The highest BCUT2D eigenvalue weighted by atomic mass is 19.4. The molecular formula is C31H43F4N5O4. The van der Waals surface area contributed by atoms with Gasteiger partial charge in [0.1, 0.15) is 23.6 Å². The van der Waals surface area contributed by atoms with Crippen LogP contribution in [0.25, 0.3) is 0 Å². The summed E-state index contributed by atoms with van der Waals surface area (Å²) in [5, 5.41) is 9.75. The number of hydrogen-bond donors (Lipinski definition) is 2. The minimum Gasteiger partial charge on any atom is -0.380 e. The SMILES string of the molecule is CC(C)n1nccc1C(=O)N[C@H](C(=O)Nc1ccc([C@H](C)C(=O)N2CCOCCC2C(F)(F)F)cc1F)C(C1CC1)C1CC1.[HH].[HH]. The topological polar surface area (TPSA) is 106 Å². The Morgan fingerprint density at radius 1 is 1.02 bits per heavy atom. The number of nitrogens with zero attached hydrogens (tertiary/aromatic N) is 3. The largest absolute Gasteiger partial charge is 0.408 e. The number of aromatic nitrogens is 2. The van der Waals surface area contributed by atoms with Crippen LogP contribution in [0, 0.1) is 23.6 Å². The van der Waals surface area contributed by atoms with Crippen molar-refractivity contribution in [3.05, 3.63) is 47.5 Å². The van der Waals surface area contributed by atoms with Gasteiger partial charge in [-0.05, 0) is 94.4 Å². The zero-order chi connectivity index (χ0) is 31.8. The van der Waals surface area contributed by atoms with Crippen LogP contribution in [0.15, 0.2) is 30.5 Å². The van der Waals surface area contributed by atoms with Gasteiger partial charge in [-0.3, -0.25) is 19.1 Å². The van der Waals surface area contributed by atoms with Crippen LogP contribution in [0.2, 0.25) is 0 Å². The summed E-state index contributed by atoms with van der Waals surface area (Å²) in [7, 11) is 0. The zero-order valence-electron chi connectivity index (χ0n) is 25.1. The molecule has 0 bridgehead atoms. The molecule has 3 aliphatic rings. The number of amides is 3. The number of ether oxygens (including phenoxy) is 1. The molecule has 3 amide bonds. The first-order chi connectivity index (χ1) is 20.9. The molecule has 5 rings (SSSR count). The number of halogens is 4. The minimum absolute atomic E-state index is 0. The Morgan fingerprint density at radius 2 is 1.70 bits per heavy atom. The Kier molecular flexibility index (Phi) is 9.33. The summed E-state index contributed by atoms with van der Waals surface area (Å²) < 4.78 is 63.2. The summed E-state index contributed by atoms with van der Waals surface area (Å²) in [5.74, 6) is -3.19. The molecule has 2 N–H and O–H groups in total. The summed E-state index contributed by atoms with van der Waals surface area (Å²) in [6.07, 6.45) is 0.352. The molecule has 2 aliphatic carbocycles. The second kappa shape index (κ2) is 12.9. The first-order valence-corrected chi connectivity index (χ1v) is 15.3. The van der Waals surface area contributed by atoms with Crippen LogP contribution in [0.3, 0.4) is 0 Å². The van der Waals surface area contributed by atoms with Crippen LogP contribution < -0.4 is 10.6 Å². The van der Waals surface area contributed by atoms with Crippen molar-refractivity contribution in [2.45, 2.75) is 83.1 Å². The summed E-state index contributed by atoms with van der Waals surface area (Å²) in [5.41, 5.74) is 0.352. The van der Waals surface area contributed by atoms with E-state index in [1.54, 1.807) is 10.7 Å². The maximum absolute atomic E-state index is 15.4. The van der Waals surface area contributed by atoms with E-state index in [9.17, 15) is 27.6 Å². The smallest absolute Gasteiger partial charge is 0.380 e. The van der Waals surface area contributed by atoms with Gasteiger partial charge >= 0.3 is 6.18 Å². The number of alkyl halides is 3. The van der Waals surface area contributed by atoms with Gasteiger partial charge < -0.3 is 20.3 Å². The normalized spacial score (nSPS) is 20.8. The van der Waals surface area contributed by atoms with Crippen LogP contribution in [0.5, 0.6) is 0 Å². The Labute approximate surface area is 256 Å². The Balaban J connectivity index is 0.00000288. The van der Waals surface area contributed by atoms with Gasteiger partial charge in [0, 0.05) is 28.2 Å². The lowest BCUT2D eigenvalue weighted by molar-refractivity contribution is -0.189. The highest BCUT2D eigenvalue weighted by Crippen LogP contribution is 2.51. The molecule has 1 unspecified atom stereocenters. The van der Waals surface area contributed by atoms with Crippen molar-refractivity contribution in [2.24, 2.45) is 17.8 Å². The third-order valence-electron chi connectivity index (χ3n) is 8.85. The van der Waals surface area contributed by atoms with Gasteiger partial charge in [0.25, 0.3) is 5.91 Å². The van der Waals surface area contributed by atoms with Gasteiger partial charge in [-0.1, -0.05) is 6.07 Å². The molecule has 1 aromatic heterocycles. The molecule has 2 aromatic rings. The number of carbonyl (C=O) groups is 3. The molecule has 3 fully saturated rings. The lowest BCUT2D eigenvalue weighted by atomic mass is 9.88. The maximum Gasteiger partial charge on any atom is 0.408 e. The lowest BCUT2D eigenvalue weighted by Crippen LogP contribution is -2.50. The van der Waals surface area contributed by atoms with E-state index in [1.807, 2.05) is 13.8 Å². The molecule has 13 heteroatoms. The van der Waals surface area contributed by atoms with Crippen molar-refractivity contribution in [3.8, 4) is 0 Å². The maximum atomic E-state index is 15.4. The number of hydrogen-bond acceptors (Lipinski definition) is 5. The predicted octanol–water partition coefficient (Wildman–Crippen LogP) is 5.55. The fourth-order valence-corrected chi connectivity index (χ4v) is 6.23. The van der Waals surface area contributed by atoms with Crippen LogP contribution in [0.4, 0.5) is 23.2 Å². The molecule has 2 heterocycles. The van der Waals surface area contributed by atoms with Crippen LogP contribution in [-0.4, -0.2) is 70.4 Å². The number of carbonyl (C=O) groups excluding carboxylic acids is 3. The molecule has 0 radical (unpaired) electrons. The highest BCUT2D eigenvalue weighted by molar-refractivity contribution is 6.01. The minimum atomic E-state index is -4.62.